The lowest BCUT2D eigenvalue weighted by Crippen LogP contribution is -2.12. The Morgan fingerprint density at radius 1 is 1.44 bits per heavy atom. The summed E-state index contributed by atoms with van der Waals surface area (Å²) in [6.45, 7) is 1.51. The highest BCUT2D eigenvalue weighted by Crippen LogP contribution is 2.08. The van der Waals surface area contributed by atoms with E-state index in [0.29, 0.717) is 31.2 Å². The van der Waals surface area contributed by atoms with Gasteiger partial charge in [0, 0.05) is 18.9 Å². The number of hydrogen-bond donors (Lipinski definition) is 2. The first-order chi connectivity index (χ1) is 7.92. The van der Waals surface area contributed by atoms with Gasteiger partial charge in [-0.05, 0) is 0 Å². The highest BCUT2D eigenvalue weighted by molar-refractivity contribution is 5.61. The van der Waals surface area contributed by atoms with E-state index < -0.39 is 0 Å². The van der Waals surface area contributed by atoms with Crippen molar-refractivity contribution >= 4 is 11.5 Å². The SMILES string of the molecule is OCCOCCNc1nccn2cnnc12. The molecule has 2 rings (SSSR count). The summed E-state index contributed by atoms with van der Waals surface area (Å²) >= 11 is 0. The van der Waals surface area contributed by atoms with E-state index in [0.717, 1.165) is 0 Å². The van der Waals surface area contributed by atoms with Crippen LogP contribution in [0.5, 0.6) is 0 Å². The molecule has 0 aromatic carbocycles. The van der Waals surface area contributed by atoms with Crippen LogP contribution >= 0.6 is 0 Å². The lowest BCUT2D eigenvalue weighted by atomic mass is 10.5. The molecule has 0 unspecified atom stereocenters. The minimum Gasteiger partial charge on any atom is -0.394 e. The zero-order valence-corrected chi connectivity index (χ0v) is 8.70. The molecule has 2 aromatic rings. The van der Waals surface area contributed by atoms with Gasteiger partial charge in [0.25, 0.3) is 0 Å². The Balaban J connectivity index is 1.91. The zero-order chi connectivity index (χ0) is 11.2. The lowest BCUT2D eigenvalue weighted by Gasteiger charge is -2.06. The van der Waals surface area contributed by atoms with Crippen LogP contribution in [0.2, 0.25) is 0 Å². The van der Waals surface area contributed by atoms with Crippen molar-refractivity contribution in [1.82, 2.24) is 19.6 Å². The van der Waals surface area contributed by atoms with Crippen LogP contribution in [-0.2, 0) is 4.74 Å². The number of nitrogens with one attached hydrogen (secondary N) is 1. The molecule has 86 valence electrons. The summed E-state index contributed by atoms with van der Waals surface area (Å²) in [5, 5.41) is 19.3. The summed E-state index contributed by atoms with van der Waals surface area (Å²) in [6, 6.07) is 0. The zero-order valence-electron chi connectivity index (χ0n) is 8.70. The first-order valence-electron chi connectivity index (χ1n) is 4.98. The van der Waals surface area contributed by atoms with Crippen LogP contribution in [-0.4, -0.2) is 51.1 Å². The molecule has 16 heavy (non-hydrogen) atoms. The Kier molecular flexibility index (Phi) is 3.62. The molecule has 0 amide bonds. The summed E-state index contributed by atoms with van der Waals surface area (Å²) in [4.78, 5) is 4.16. The van der Waals surface area contributed by atoms with Crippen molar-refractivity contribution < 1.29 is 9.84 Å². The van der Waals surface area contributed by atoms with Crippen molar-refractivity contribution in [2.75, 3.05) is 31.7 Å². The largest absolute Gasteiger partial charge is 0.394 e. The predicted octanol–water partition coefficient (Wildman–Crippen LogP) is -0.455. The lowest BCUT2D eigenvalue weighted by molar-refractivity contribution is 0.0992. The number of aliphatic hydroxyl groups is 1. The Bertz CT molecular complexity index is 444. The Morgan fingerprint density at radius 3 is 3.25 bits per heavy atom. The van der Waals surface area contributed by atoms with E-state index in [-0.39, 0.29) is 6.61 Å². The molecular weight excluding hydrogens is 210 g/mol. The fourth-order valence-corrected chi connectivity index (χ4v) is 1.29. The number of nitrogens with zero attached hydrogens (tertiary/aromatic N) is 4. The fraction of sp³-hybridized carbons (Fsp3) is 0.444. The summed E-state index contributed by atoms with van der Waals surface area (Å²) in [5.74, 6) is 0.674. The van der Waals surface area contributed by atoms with Crippen molar-refractivity contribution in [2.45, 2.75) is 0 Å². The Hall–Kier alpha value is -1.73. The smallest absolute Gasteiger partial charge is 0.203 e. The van der Waals surface area contributed by atoms with E-state index in [1.807, 2.05) is 0 Å². The van der Waals surface area contributed by atoms with E-state index >= 15 is 0 Å². The van der Waals surface area contributed by atoms with Crippen LogP contribution in [0.4, 0.5) is 5.82 Å². The quantitative estimate of drug-likeness (QED) is 0.645. The third-order valence-corrected chi connectivity index (χ3v) is 1.99. The van der Waals surface area contributed by atoms with Gasteiger partial charge in [0.2, 0.25) is 5.65 Å². The highest BCUT2D eigenvalue weighted by Gasteiger charge is 2.02. The van der Waals surface area contributed by atoms with Gasteiger partial charge in [0.15, 0.2) is 5.82 Å². The number of anilines is 1. The summed E-state index contributed by atoms with van der Waals surface area (Å²) in [7, 11) is 0. The normalized spacial score (nSPS) is 10.8. The molecule has 0 fully saturated rings. The predicted molar refractivity (Wildman–Crippen MR) is 57.2 cm³/mol. The number of fused-ring (bicyclic) bond motifs is 1. The molecule has 7 heteroatoms. The first-order valence-corrected chi connectivity index (χ1v) is 4.98. The van der Waals surface area contributed by atoms with Gasteiger partial charge in [-0.2, -0.15) is 0 Å². The van der Waals surface area contributed by atoms with E-state index in [9.17, 15) is 0 Å². The van der Waals surface area contributed by atoms with Crippen LogP contribution in [0.15, 0.2) is 18.7 Å². The van der Waals surface area contributed by atoms with E-state index in [2.05, 4.69) is 20.5 Å². The van der Waals surface area contributed by atoms with Crippen molar-refractivity contribution in [3.8, 4) is 0 Å². The molecule has 0 bridgehead atoms. The van der Waals surface area contributed by atoms with Crippen molar-refractivity contribution in [3.05, 3.63) is 18.7 Å². The number of ether oxygens (including phenoxy) is 1. The number of rotatable bonds is 6. The van der Waals surface area contributed by atoms with Crippen LogP contribution in [0.1, 0.15) is 0 Å². The molecule has 2 heterocycles. The molecule has 2 N–H and O–H groups in total. The molecule has 7 nitrogen and oxygen atoms in total. The minimum atomic E-state index is 0.0397. The van der Waals surface area contributed by atoms with Gasteiger partial charge in [-0.1, -0.05) is 0 Å². The summed E-state index contributed by atoms with van der Waals surface area (Å²) < 4.78 is 6.90. The van der Waals surface area contributed by atoms with Crippen LogP contribution in [0, 0.1) is 0 Å². The molecular formula is C9H13N5O2. The van der Waals surface area contributed by atoms with Gasteiger partial charge >= 0.3 is 0 Å². The maximum atomic E-state index is 8.52. The number of aliphatic hydroxyl groups excluding tert-OH is 1. The van der Waals surface area contributed by atoms with Gasteiger partial charge in [-0.15, -0.1) is 10.2 Å². The van der Waals surface area contributed by atoms with Crippen LogP contribution in [0.3, 0.4) is 0 Å². The molecule has 2 aromatic heterocycles. The van der Waals surface area contributed by atoms with E-state index in [1.54, 1.807) is 23.1 Å². The molecule has 0 aliphatic carbocycles. The topological polar surface area (TPSA) is 84.6 Å². The molecule has 0 aliphatic rings. The van der Waals surface area contributed by atoms with Gasteiger partial charge in [-0.25, -0.2) is 4.98 Å². The standard InChI is InChI=1S/C9H13N5O2/c15-4-6-16-5-2-11-8-9-13-12-7-14(9)3-1-10-8/h1,3,7,15H,2,4-6H2,(H,10,11). The molecule has 0 aliphatic heterocycles. The minimum absolute atomic E-state index is 0.0397. The fourth-order valence-electron chi connectivity index (χ4n) is 1.29. The van der Waals surface area contributed by atoms with Crippen molar-refractivity contribution in [1.29, 1.82) is 0 Å². The third-order valence-electron chi connectivity index (χ3n) is 1.99. The molecule has 0 saturated heterocycles. The van der Waals surface area contributed by atoms with Gasteiger partial charge in [0.1, 0.15) is 6.33 Å². The van der Waals surface area contributed by atoms with Crippen LogP contribution < -0.4 is 5.32 Å². The molecule has 0 radical (unpaired) electrons. The Labute approximate surface area is 92.1 Å². The Morgan fingerprint density at radius 2 is 2.38 bits per heavy atom. The van der Waals surface area contributed by atoms with E-state index in [4.69, 9.17) is 9.84 Å². The molecule has 0 spiro atoms. The maximum absolute atomic E-state index is 8.52. The van der Waals surface area contributed by atoms with Crippen molar-refractivity contribution in [3.63, 3.8) is 0 Å². The molecule has 0 saturated carbocycles. The summed E-state index contributed by atoms with van der Waals surface area (Å²) in [5.41, 5.74) is 0.685. The summed E-state index contributed by atoms with van der Waals surface area (Å²) in [6.07, 6.45) is 5.07. The molecule has 0 atom stereocenters. The van der Waals surface area contributed by atoms with E-state index in [1.165, 1.54) is 0 Å². The van der Waals surface area contributed by atoms with Gasteiger partial charge in [0.05, 0.1) is 19.8 Å². The average Bonchev–Trinajstić information content (AvgIpc) is 2.77. The van der Waals surface area contributed by atoms with Gasteiger partial charge < -0.3 is 15.2 Å². The second-order valence-corrected chi connectivity index (χ2v) is 3.10. The first kappa shape index (κ1) is 10.8. The maximum Gasteiger partial charge on any atom is 0.203 e. The number of aromatic nitrogens is 4. The average molecular weight is 223 g/mol. The highest BCUT2D eigenvalue weighted by atomic mass is 16.5. The monoisotopic (exact) mass is 223 g/mol. The van der Waals surface area contributed by atoms with Crippen molar-refractivity contribution in [2.24, 2.45) is 0 Å². The second-order valence-electron chi connectivity index (χ2n) is 3.10. The number of hydrogen-bond acceptors (Lipinski definition) is 6. The third kappa shape index (κ3) is 2.44. The van der Waals surface area contributed by atoms with Crippen LogP contribution in [0.25, 0.3) is 5.65 Å². The van der Waals surface area contributed by atoms with Gasteiger partial charge in [-0.3, -0.25) is 4.40 Å². The second kappa shape index (κ2) is 5.38.